The van der Waals surface area contributed by atoms with Crippen LogP contribution in [0.3, 0.4) is 0 Å². The Morgan fingerprint density at radius 3 is 1.57 bits per heavy atom. The lowest BCUT2D eigenvalue weighted by Gasteiger charge is -2.29. The number of nitrogens with zero attached hydrogens (tertiary/aromatic N) is 1. The van der Waals surface area contributed by atoms with Crippen LogP contribution in [0.25, 0.3) is 0 Å². The van der Waals surface area contributed by atoms with Gasteiger partial charge in [0.1, 0.15) is 13.2 Å². The number of nitrogens with one attached hydrogen (secondary N) is 1. The minimum absolute atomic E-state index is 0.0104. The van der Waals surface area contributed by atoms with Gasteiger partial charge in [-0.25, -0.2) is 0 Å². The van der Waals surface area contributed by atoms with E-state index in [0.29, 0.717) is 17.4 Å². The van der Waals surface area contributed by atoms with Crippen LogP contribution in [0.15, 0.2) is 48.6 Å². The van der Waals surface area contributed by atoms with Crippen LogP contribution < -0.4 is 10.2 Å². The number of phosphoric ester groups is 1. The molecule has 0 saturated carbocycles. The van der Waals surface area contributed by atoms with Gasteiger partial charge in [-0.2, -0.15) is 0 Å². The fourth-order valence-electron chi connectivity index (χ4n) is 6.31. The maximum Gasteiger partial charge on any atom is 0.268 e. The number of quaternary nitrogens is 1. The van der Waals surface area contributed by atoms with Crippen molar-refractivity contribution in [2.24, 2.45) is 0 Å². The molecule has 0 radical (unpaired) electrons. The van der Waals surface area contributed by atoms with Gasteiger partial charge in [-0.1, -0.05) is 172 Å². The summed E-state index contributed by atoms with van der Waals surface area (Å²) in [7, 11) is 1.23. The van der Waals surface area contributed by atoms with Gasteiger partial charge in [0.2, 0.25) is 5.91 Å². The molecule has 0 bridgehead atoms. The van der Waals surface area contributed by atoms with E-state index < -0.39 is 26.6 Å². The van der Waals surface area contributed by atoms with Crippen molar-refractivity contribution >= 4 is 13.7 Å². The van der Waals surface area contributed by atoms with Crippen molar-refractivity contribution in [3.05, 3.63) is 48.6 Å². The van der Waals surface area contributed by atoms with Gasteiger partial charge in [0.05, 0.1) is 39.9 Å². The Kier molecular flexibility index (Phi) is 37.9. The number of amides is 1. The zero-order chi connectivity index (χ0) is 41.4. The van der Waals surface area contributed by atoms with E-state index in [0.717, 1.165) is 64.2 Å². The van der Waals surface area contributed by atoms with E-state index in [9.17, 15) is 19.4 Å². The van der Waals surface area contributed by atoms with Crippen molar-refractivity contribution in [3.63, 3.8) is 0 Å². The van der Waals surface area contributed by atoms with E-state index in [2.05, 4.69) is 55.6 Å². The van der Waals surface area contributed by atoms with Crippen molar-refractivity contribution < 1.29 is 32.9 Å². The summed E-state index contributed by atoms with van der Waals surface area (Å²) >= 11 is 0. The van der Waals surface area contributed by atoms with Crippen molar-refractivity contribution in [3.8, 4) is 0 Å². The monoisotopic (exact) mass is 809 g/mol. The fraction of sp³-hybridized carbons (Fsp3) is 0.809. The molecule has 1 amide bonds. The van der Waals surface area contributed by atoms with Gasteiger partial charge >= 0.3 is 0 Å². The number of rotatable bonds is 41. The smallest absolute Gasteiger partial charge is 0.268 e. The molecule has 3 unspecified atom stereocenters. The standard InChI is InChI=1S/C47H89N2O6P/c1-6-8-10-12-14-16-18-20-22-24-25-26-28-30-32-34-36-38-40-46(50)45(44-55-56(52,53)54-43-42-49(3,4)5)48-47(51)41-39-37-35-33-31-29-27-23-21-19-17-15-13-11-9-7-2/h17,19,23,27,30,32,38,40,45-46,50H,6-16,18,20-22,24-26,28-29,31,33-37,39,41-44H2,1-5H3,(H-,48,51,52,53)/b19-17-,27-23-,32-30+,40-38+. The highest BCUT2D eigenvalue weighted by Crippen LogP contribution is 2.38. The highest BCUT2D eigenvalue weighted by atomic mass is 31.2. The Bertz CT molecular complexity index is 1050. The first-order valence-corrected chi connectivity index (χ1v) is 24.5. The molecule has 0 aliphatic heterocycles. The summed E-state index contributed by atoms with van der Waals surface area (Å²) in [5, 5.41) is 13.8. The van der Waals surface area contributed by atoms with Crippen LogP contribution in [0.2, 0.25) is 0 Å². The average Bonchev–Trinajstić information content (AvgIpc) is 3.15. The molecule has 3 atom stereocenters. The summed E-state index contributed by atoms with van der Waals surface area (Å²) in [4.78, 5) is 25.3. The molecule has 0 aromatic carbocycles. The average molecular weight is 809 g/mol. The number of allylic oxidation sites excluding steroid dienone is 7. The molecule has 328 valence electrons. The predicted octanol–water partition coefficient (Wildman–Crippen LogP) is 12.2. The van der Waals surface area contributed by atoms with Crippen LogP contribution in [0.4, 0.5) is 0 Å². The number of phosphoric acid groups is 1. The summed E-state index contributed by atoms with van der Waals surface area (Å²) in [6.45, 7) is 4.59. The second-order valence-corrected chi connectivity index (χ2v) is 18.2. The fourth-order valence-corrected chi connectivity index (χ4v) is 7.04. The number of carbonyl (C=O) groups excluding carboxylic acids is 1. The predicted molar refractivity (Wildman–Crippen MR) is 238 cm³/mol. The molecule has 56 heavy (non-hydrogen) atoms. The number of hydrogen-bond acceptors (Lipinski definition) is 6. The Labute approximate surface area is 346 Å². The second kappa shape index (κ2) is 38.9. The summed E-state index contributed by atoms with van der Waals surface area (Å²) in [6.07, 6.45) is 48.7. The SMILES string of the molecule is CCCCCC/C=C\C/C=C\CCCCCCCC(=O)NC(COP(=O)([O-])OCC[N+](C)(C)C)C(O)/C=C/CC/C=C/CCCCCCCCCCCCCC. The first kappa shape index (κ1) is 54.5. The first-order valence-electron chi connectivity index (χ1n) is 23.0. The van der Waals surface area contributed by atoms with E-state index in [1.807, 2.05) is 27.2 Å². The minimum atomic E-state index is -4.60. The molecular formula is C47H89N2O6P. The van der Waals surface area contributed by atoms with E-state index in [1.54, 1.807) is 6.08 Å². The zero-order valence-corrected chi connectivity index (χ0v) is 38.0. The number of aliphatic hydroxyl groups is 1. The molecule has 0 aromatic heterocycles. The van der Waals surface area contributed by atoms with Gasteiger partial charge in [-0.3, -0.25) is 9.36 Å². The van der Waals surface area contributed by atoms with Gasteiger partial charge < -0.3 is 28.8 Å². The highest BCUT2D eigenvalue weighted by Gasteiger charge is 2.23. The number of likely N-dealkylation sites (N-methyl/N-ethyl adjacent to an activating group) is 1. The third kappa shape index (κ3) is 40.6. The molecule has 0 spiro atoms. The van der Waals surface area contributed by atoms with Gasteiger partial charge in [0.25, 0.3) is 7.82 Å². The minimum Gasteiger partial charge on any atom is -0.756 e. The van der Waals surface area contributed by atoms with Gasteiger partial charge in [-0.15, -0.1) is 0 Å². The van der Waals surface area contributed by atoms with E-state index >= 15 is 0 Å². The topological polar surface area (TPSA) is 108 Å². The molecular weight excluding hydrogens is 719 g/mol. The molecule has 0 saturated heterocycles. The first-order chi connectivity index (χ1) is 27.0. The quantitative estimate of drug-likeness (QED) is 0.0276. The van der Waals surface area contributed by atoms with Gasteiger partial charge in [-0.05, 0) is 64.2 Å². The van der Waals surface area contributed by atoms with E-state index in [-0.39, 0.29) is 12.5 Å². The van der Waals surface area contributed by atoms with Crippen LogP contribution >= 0.6 is 7.82 Å². The van der Waals surface area contributed by atoms with E-state index in [4.69, 9.17) is 9.05 Å². The molecule has 2 N–H and O–H groups in total. The van der Waals surface area contributed by atoms with E-state index in [1.165, 1.54) is 109 Å². The molecule has 0 heterocycles. The Hall–Kier alpha value is -1.54. The molecule has 0 fully saturated rings. The van der Waals surface area contributed by atoms with Crippen molar-refractivity contribution in [2.45, 2.75) is 206 Å². The zero-order valence-electron chi connectivity index (χ0n) is 37.1. The lowest BCUT2D eigenvalue weighted by molar-refractivity contribution is -0.870. The summed E-state index contributed by atoms with van der Waals surface area (Å²) < 4.78 is 23.2. The van der Waals surface area contributed by atoms with Crippen LogP contribution in [-0.2, 0) is 18.4 Å². The Balaban J connectivity index is 4.49. The van der Waals surface area contributed by atoms with Crippen molar-refractivity contribution in [2.75, 3.05) is 40.9 Å². The summed E-state index contributed by atoms with van der Waals surface area (Å²) in [6, 6.07) is -0.910. The van der Waals surface area contributed by atoms with Crippen LogP contribution in [0.1, 0.15) is 194 Å². The number of aliphatic hydroxyl groups excluding tert-OH is 1. The summed E-state index contributed by atoms with van der Waals surface area (Å²) in [5.41, 5.74) is 0. The maximum absolute atomic E-state index is 12.8. The van der Waals surface area contributed by atoms with Gasteiger partial charge in [0.15, 0.2) is 0 Å². The Morgan fingerprint density at radius 1 is 0.625 bits per heavy atom. The lowest BCUT2D eigenvalue weighted by Crippen LogP contribution is -2.45. The highest BCUT2D eigenvalue weighted by molar-refractivity contribution is 7.45. The van der Waals surface area contributed by atoms with Crippen molar-refractivity contribution in [1.82, 2.24) is 5.32 Å². The number of hydrogen-bond donors (Lipinski definition) is 2. The van der Waals surface area contributed by atoms with Gasteiger partial charge in [0, 0.05) is 6.42 Å². The summed E-state index contributed by atoms with van der Waals surface area (Å²) in [5.74, 6) is -0.222. The van der Waals surface area contributed by atoms with Crippen LogP contribution in [-0.4, -0.2) is 68.5 Å². The number of carbonyl (C=O) groups is 1. The maximum atomic E-state index is 12.8. The van der Waals surface area contributed by atoms with Crippen LogP contribution in [0.5, 0.6) is 0 Å². The molecule has 9 heteroatoms. The molecule has 0 rings (SSSR count). The second-order valence-electron chi connectivity index (χ2n) is 16.7. The largest absolute Gasteiger partial charge is 0.756 e. The van der Waals surface area contributed by atoms with Crippen LogP contribution in [0, 0.1) is 0 Å². The molecule has 0 aliphatic carbocycles. The lowest BCUT2D eigenvalue weighted by atomic mass is 10.0. The third-order valence-electron chi connectivity index (χ3n) is 10.0. The molecule has 0 aromatic rings. The number of unbranched alkanes of at least 4 members (excludes halogenated alkanes) is 22. The molecule has 0 aliphatic rings. The normalized spacial score (nSPS) is 14.8. The van der Waals surface area contributed by atoms with Crippen molar-refractivity contribution in [1.29, 1.82) is 0 Å². The third-order valence-corrected chi connectivity index (χ3v) is 11.0. The molecule has 8 nitrogen and oxygen atoms in total. The Morgan fingerprint density at radius 2 is 1.05 bits per heavy atom.